The molecular weight excluding hydrogens is 460 g/mol. The highest BCUT2D eigenvalue weighted by atomic mass is 79.9. The van der Waals surface area contributed by atoms with E-state index in [2.05, 4.69) is 45.0 Å². The molecule has 0 atom stereocenters. The Hall–Kier alpha value is -3.13. The van der Waals surface area contributed by atoms with E-state index in [0.717, 1.165) is 24.5 Å². The average molecular weight is 485 g/mol. The van der Waals surface area contributed by atoms with E-state index in [0.29, 0.717) is 22.5 Å². The molecule has 1 N–H and O–H groups in total. The summed E-state index contributed by atoms with van der Waals surface area (Å²) >= 11 is 3.20. The Balaban J connectivity index is 1.70. The molecule has 0 spiro atoms. The third-order valence-corrected chi connectivity index (χ3v) is 5.37. The number of carbonyl (C=O) groups is 2. The molecule has 0 radical (unpaired) electrons. The molecule has 0 bridgehead atoms. The Kier molecular flexibility index (Phi) is 7.46. The van der Waals surface area contributed by atoms with Crippen LogP contribution >= 0.6 is 15.9 Å². The largest absolute Gasteiger partial charge is 0.444 e. The number of hydrogen-bond donors (Lipinski definition) is 1. The lowest BCUT2D eigenvalue weighted by Gasteiger charge is -2.20. The van der Waals surface area contributed by atoms with Crippen LogP contribution in [0.15, 0.2) is 63.8 Å². The van der Waals surface area contributed by atoms with Crippen LogP contribution in [0.4, 0.5) is 11.5 Å². The van der Waals surface area contributed by atoms with Gasteiger partial charge < -0.3 is 19.5 Å². The second-order valence-corrected chi connectivity index (χ2v) is 7.65. The molecule has 0 aliphatic rings. The van der Waals surface area contributed by atoms with Gasteiger partial charge in [-0.15, -0.1) is 0 Å². The molecule has 2 heterocycles. The number of nitrogens with one attached hydrogen (secondary N) is 1. The van der Waals surface area contributed by atoms with E-state index in [1.807, 2.05) is 12.1 Å². The van der Waals surface area contributed by atoms with Gasteiger partial charge in [-0.25, -0.2) is 4.98 Å². The van der Waals surface area contributed by atoms with E-state index in [4.69, 9.17) is 4.42 Å². The molecule has 0 unspecified atom stereocenters. The zero-order valence-corrected chi connectivity index (χ0v) is 19.3. The van der Waals surface area contributed by atoms with Gasteiger partial charge in [-0.1, -0.05) is 18.2 Å². The molecule has 31 heavy (non-hydrogen) atoms. The highest BCUT2D eigenvalue weighted by Crippen LogP contribution is 2.23. The number of amides is 2. The minimum Gasteiger partial charge on any atom is -0.444 e. The fourth-order valence-electron chi connectivity index (χ4n) is 3.20. The van der Waals surface area contributed by atoms with E-state index in [1.54, 1.807) is 49.6 Å². The van der Waals surface area contributed by atoms with Crippen LogP contribution in [0.5, 0.6) is 0 Å². The molecule has 0 aliphatic carbocycles. The van der Waals surface area contributed by atoms with Crippen molar-refractivity contribution >= 4 is 39.2 Å². The van der Waals surface area contributed by atoms with Crippen LogP contribution in [0.3, 0.4) is 0 Å². The van der Waals surface area contributed by atoms with E-state index >= 15 is 0 Å². The second-order valence-electron chi connectivity index (χ2n) is 6.86. The number of rotatable bonds is 8. The Morgan fingerprint density at radius 2 is 1.81 bits per heavy atom. The topological polar surface area (TPSA) is 78.7 Å². The van der Waals surface area contributed by atoms with Gasteiger partial charge in [0.1, 0.15) is 5.82 Å². The first-order valence-electron chi connectivity index (χ1n) is 10.0. The highest BCUT2D eigenvalue weighted by molar-refractivity contribution is 9.10. The van der Waals surface area contributed by atoms with Gasteiger partial charge in [0.05, 0.1) is 11.3 Å². The van der Waals surface area contributed by atoms with Crippen molar-refractivity contribution in [3.05, 3.63) is 76.3 Å². The third-order valence-electron chi connectivity index (χ3n) is 4.95. The fraction of sp³-hybridized carbons (Fsp3) is 0.261. The van der Waals surface area contributed by atoms with Crippen molar-refractivity contribution in [1.82, 2.24) is 10.3 Å². The summed E-state index contributed by atoms with van der Waals surface area (Å²) in [6.07, 6.45) is 1.77. The summed E-state index contributed by atoms with van der Waals surface area (Å²) in [6.45, 7) is 6.28. The Bertz CT molecular complexity index is 1040. The monoisotopic (exact) mass is 484 g/mol. The summed E-state index contributed by atoms with van der Waals surface area (Å²) in [5.74, 6) is 0.477. The van der Waals surface area contributed by atoms with Crippen molar-refractivity contribution in [2.45, 2.75) is 20.4 Å². The van der Waals surface area contributed by atoms with Gasteiger partial charge in [0.25, 0.3) is 11.8 Å². The molecule has 2 amide bonds. The van der Waals surface area contributed by atoms with E-state index in [1.165, 1.54) is 4.90 Å². The number of nitrogens with zero attached hydrogens (tertiary/aromatic N) is 3. The first kappa shape index (κ1) is 22.6. The smallest absolute Gasteiger partial charge is 0.293 e. The molecular formula is C23H25BrN4O3. The third kappa shape index (κ3) is 5.32. The van der Waals surface area contributed by atoms with Crippen LogP contribution < -0.4 is 15.1 Å². The second kappa shape index (κ2) is 10.3. The summed E-state index contributed by atoms with van der Waals surface area (Å²) in [5, 5.41) is 2.91. The molecule has 0 fully saturated rings. The van der Waals surface area contributed by atoms with Crippen molar-refractivity contribution in [3.8, 4) is 0 Å². The number of pyridine rings is 1. The molecule has 0 saturated carbocycles. The van der Waals surface area contributed by atoms with Crippen LogP contribution in [0, 0.1) is 0 Å². The van der Waals surface area contributed by atoms with Crippen molar-refractivity contribution in [3.63, 3.8) is 0 Å². The molecule has 2 aromatic heterocycles. The minimum absolute atomic E-state index is 0.184. The molecule has 0 aliphatic heterocycles. The zero-order valence-electron chi connectivity index (χ0n) is 17.8. The summed E-state index contributed by atoms with van der Waals surface area (Å²) in [6, 6.07) is 14.1. The van der Waals surface area contributed by atoms with Gasteiger partial charge in [0, 0.05) is 32.9 Å². The average Bonchev–Trinajstić information content (AvgIpc) is 3.24. The van der Waals surface area contributed by atoms with Crippen molar-refractivity contribution < 1.29 is 14.0 Å². The normalized spacial score (nSPS) is 10.6. The summed E-state index contributed by atoms with van der Waals surface area (Å²) in [5.41, 5.74) is 1.79. The standard InChI is InChI=1S/C23H25BrN4O3/c1-4-28(5-2)21-13-10-16(14-25-21)15-26-22(29)17-8-6-7-9-18(17)27(3)23(30)19-11-12-20(24)31-19/h6-14H,4-5,15H2,1-3H3,(H,26,29). The Labute approximate surface area is 190 Å². The maximum Gasteiger partial charge on any atom is 0.293 e. The quantitative estimate of drug-likeness (QED) is 0.509. The first-order chi connectivity index (χ1) is 14.9. The Morgan fingerprint density at radius 3 is 2.42 bits per heavy atom. The first-order valence-corrected chi connectivity index (χ1v) is 10.8. The number of benzene rings is 1. The number of para-hydroxylation sites is 1. The van der Waals surface area contributed by atoms with Gasteiger partial charge in [-0.2, -0.15) is 0 Å². The van der Waals surface area contributed by atoms with E-state index in [9.17, 15) is 9.59 Å². The molecule has 1 aromatic carbocycles. The van der Waals surface area contributed by atoms with Crippen LogP contribution in [0.2, 0.25) is 0 Å². The number of anilines is 2. The molecule has 7 nitrogen and oxygen atoms in total. The molecule has 3 rings (SSSR count). The van der Waals surface area contributed by atoms with Crippen molar-refractivity contribution in [2.75, 3.05) is 29.9 Å². The molecule has 3 aromatic rings. The lowest BCUT2D eigenvalue weighted by molar-refractivity contribution is 0.0951. The van der Waals surface area contributed by atoms with E-state index < -0.39 is 0 Å². The molecule has 162 valence electrons. The fourth-order valence-corrected chi connectivity index (χ4v) is 3.50. The van der Waals surface area contributed by atoms with Crippen LogP contribution in [-0.4, -0.2) is 36.9 Å². The highest BCUT2D eigenvalue weighted by Gasteiger charge is 2.21. The number of hydrogen-bond acceptors (Lipinski definition) is 5. The summed E-state index contributed by atoms with van der Waals surface area (Å²) in [4.78, 5) is 33.6. The molecule has 8 heteroatoms. The maximum atomic E-state index is 12.9. The maximum absolute atomic E-state index is 12.9. The lowest BCUT2D eigenvalue weighted by Crippen LogP contribution is -2.30. The van der Waals surface area contributed by atoms with Gasteiger partial charge in [-0.3, -0.25) is 9.59 Å². The van der Waals surface area contributed by atoms with Gasteiger partial charge in [-0.05, 0) is 65.7 Å². The molecule has 0 saturated heterocycles. The van der Waals surface area contributed by atoms with Gasteiger partial charge in [0.2, 0.25) is 0 Å². The van der Waals surface area contributed by atoms with Crippen LogP contribution in [-0.2, 0) is 6.54 Å². The number of aromatic nitrogens is 1. The SMILES string of the molecule is CCN(CC)c1ccc(CNC(=O)c2ccccc2N(C)C(=O)c2ccc(Br)o2)cn1. The number of carbonyl (C=O) groups excluding carboxylic acids is 2. The predicted molar refractivity (Wildman–Crippen MR) is 125 cm³/mol. The summed E-state index contributed by atoms with van der Waals surface area (Å²) < 4.78 is 5.82. The van der Waals surface area contributed by atoms with Crippen molar-refractivity contribution in [2.24, 2.45) is 0 Å². The van der Waals surface area contributed by atoms with Crippen LogP contribution in [0.1, 0.15) is 40.3 Å². The lowest BCUT2D eigenvalue weighted by atomic mass is 10.1. The minimum atomic E-state index is -0.345. The van der Waals surface area contributed by atoms with Gasteiger partial charge in [0.15, 0.2) is 10.4 Å². The van der Waals surface area contributed by atoms with E-state index in [-0.39, 0.29) is 17.6 Å². The van der Waals surface area contributed by atoms with Gasteiger partial charge >= 0.3 is 0 Å². The summed E-state index contributed by atoms with van der Waals surface area (Å²) in [7, 11) is 1.61. The van der Waals surface area contributed by atoms with Crippen molar-refractivity contribution in [1.29, 1.82) is 0 Å². The Morgan fingerprint density at radius 1 is 1.06 bits per heavy atom. The number of furan rings is 1. The predicted octanol–water partition coefficient (Wildman–Crippen LogP) is 4.49. The zero-order chi connectivity index (χ0) is 22.4. The van der Waals surface area contributed by atoms with Crippen LogP contribution in [0.25, 0.3) is 0 Å². The number of halogens is 1.